The van der Waals surface area contributed by atoms with Crippen molar-refractivity contribution < 1.29 is 27.9 Å². The zero-order valence-electron chi connectivity index (χ0n) is 19.5. The lowest BCUT2D eigenvalue weighted by molar-refractivity contribution is -0.127. The Labute approximate surface area is 206 Å². The molecule has 3 N–H and O–H groups in total. The van der Waals surface area contributed by atoms with E-state index in [0.717, 1.165) is 19.3 Å². The third kappa shape index (κ3) is 4.47. The van der Waals surface area contributed by atoms with Gasteiger partial charge in [0.25, 0.3) is 5.91 Å². The van der Waals surface area contributed by atoms with Gasteiger partial charge in [-0.15, -0.1) is 0 Å². The molecule has 3 amide bonds. The zero-order valence-corrected chi connectivity index (χ0v) is 19.5. The number of nitriles is 1. The molecular weight excluding hydrogens is 472 g/mol. The van der Waals surface area contributed by atoms with Crippen molar-refractivity contribution in [2.45, 2.75) is 50.8 Å². The zero-order chi connectivity index (χ0) is 25.4. The maximum atomic E-state index is 13.6. The number of fused-ring (bicyclic) bond motifs is 2. The minimum absolute atomic E-state index is 0.0230. The van der Waals surface area contributed by atoms with Gasteiger partial charge in [-0.25, -0.2) is 0 Å². The number of likely N-dealkylation sites (tertiary alicyclic amines) is 1. The first-order chi connectivity index (χ1) is 17.4. The van der Waals surface area contributed by atoms with E-state index in [2.05, 4.69) is 26.4 Å². The van der Waals surface area contributed by atoms with Crippen LogP contribution in [0, 0.1) is 29.1 Å². The molecule has 5 rings (SSSR count). The largest absolute Gasteiger partial charge is 0.434 e. The number of halogens is 2. The molecule has 0 bridgehead atoms. The lowest BCUT2D eigenvalue weighted by Crippen LogP contribution is -2.51. The second kappa shape index (κ2) is 9.76. The topological polar surface area (TPSA) is 127 Å². The lowest BCUT2D eigenvalue weighted by Gasteiger charge is -2.28. The van der Waals surface area contributed by atoms with E-state index >= 15 is 0 Å². The van der Waals surface area contributed by atoms with Gasteiger partial charge in [0.15, 0.2) is 0 Å². The van der Waals surface area contributed by atoms with Crippen molar-refractivity contribution in [2.75, 3.05) is 13.1 Å². The molecule has 190 valence electrons. The highest BCUT2D eigenvalue weighted by atomic mass is 19.3. The van der Waals surface area contributed by atoms with E-state index < -0.39 is 30.5 Å². The third-order valence-corrected chi connectivity index (χ3v) is 7.65. The van der Waals surface area contributed by atoms with Crippen LogP contribution in [0.3, 0.4) is 0 Å². The number of aromatic nitrogens is 1. The number of ether oxygens (including phenoxy) is 1. The number of nitrogens with zero attached hydrogens (tertiary/aromatic N) is 2. The Morgan fingerprint density at radius 2 is 2.11 bits per heavy atom. The minimum Gasteiger partial charge on any atom is -0.434 e. The van der Waals surface area contributed by atoms with E-state index in [9.17, 15) is 28.4 Å². The summed E-state index contributed by atoms with van der Waals surface area (Å²) in [6.07, 6.45) is 3.50. The van der Waals surface area contributed by atoms with E-state index in [0.29, 0.717) is 30.4 Å². The number of carbonyl (C=O) groups is 3. The number of hydrogen-bond acceptors (Lipinski definition) is 5. The molecule has 0 radical (unpaired) electrons. The van der Waals surface area contributed by atoms with Gasteiger partial charge in [0.1, 0.15) is 23.5 Å². The molecule has 1 saturated carbocycles. The molecule has 5 atom stereocenters. The van der Waals surface area contributed by atoms with Gasteiger partial charge in [0.05, 0.1) is 6.07 Å². The van der Waals surface area contributed by atoms with Crippen molar-refractivity contribution in [1.29, 1.82) is 5.26 Å². The summed E-state index contributed by atoms with van der Waals surface area (Å²) >= 11 is 0. The number of nitrogens with one attached hydrogen (secondary N) is 3. The van der Waals surface area contributed by atoms with Crippen molar-refractivity contribution >= 4 is 28.6 Å². The van der Waals surface area contributed by atoms with Crippen LogP contribution >= 0.6 is 0 Å². The monoisotopic (exact) mass is 499 g/mol. The number of aromatic amines is 1. The SMILES string of the molecule is N#CC(C[C@@H]1CCNC1=O)NC(=O)[C@@H]1C2CCCC2CN1C(=O)c1cc2c(OC(F)F)cccc2[nH]1. The second-order valence-electron chi connectivity index (χ2n) is 9.74. The molecule has 3 unspecified atom stereocenters. The Bertz CT molecular complexity index is 1220. The third-order valence-electron chi connectivity index (χ3n) is 7.65. The summed E-state index contributed by atoms with van der Waals surface area (Å²) in [4.78, 5) is 43.4. The van der Waals surface area contributed by atoms with Gasteiger partial charge in [-0.2, -0.15) is 14.0 Å². The first-order valence-corrected chi connectivity index (χ1v) is 12.2. The summed E-state index contributed by atoms with van der Waals surface area (Å²) < 4.78 is 30.2. The van der Waals surface area contributed by atoms with Gasteiger partial charge in [-0.3, -0.25) is 14.4 Å². The van der Waals surface area contributed by atoms with Crippen molar-refractivity contribution in [1.82, 2.24) is 20.5 Å². The summed E-state index contributed by atoms with van der Waals surface area (Å²) in [5, 5.41) is 15.5. The number of alkyl halides is 2. The van der Waals surface area contributed by atoms with Crippen LogP contribution in [0.4, 0.5) is 8.78 Å². The molecule has 0 spiro atoms. The maximum Gasteiger partial charge on any atom is 0.387 e. The quantitative estimate of drug-likeness (QED) is 0.540. The first-order valence-electron chi connectivity index (χ1n) is 12.2. The Hall–Kier alpha value is -3.68. The first kappa shape index (κ1) is 24.0. The average molecular weight is 500 g/mol. The molecule has 2 aliphatic heterocycles. The van der Waals surface area contributed by atoms with Crippen LogP contribution in [0.2, 0.25) is 0 Å². The van der Waals surface area contributed by atoms with Crippen molar-refractivity contribution in [3.8, 4) is 11.8 Å². The van der Waals surface area contributed by atoms with E-state index in [1.807, 2.05) is 0 Å². The molecule has 9 nitrogen and oxygen atoms in total. The van der Waals surface area contributed by atoms with Gasteiger partial charge in [-0.05, 0) is 55.7 Å². The normalized spacial score (nSPS) is 26.1. The van der Waals surface area contributed by atoms with Crippen LogP contribution in [0.15, 0.2) is 24.3 Å². The fourth-order valence-electron chi connectivity index (χ4n) is 6.00. The van der Waals surface area contributed by atoms with Crippen LogP contribution in [0.1, 0.15) is 42.6 Å². The highest BCUT2D eigenvalue weighted by Gasteiger charge is 2.50. The molecule has 2 saturated heterocycles. The minimum atomic E-state index is -3.00. The van der Waals surface area contributed by atoms with Gasteiger partial charge in [0, 0.05) is 29.9 Å². The molecule has 1 aromatic carbocycles. The second-order valence-corrected chi connectivity index (χ2v) is 9.74. The van der Waals surface area contributed by atoms with Crippen LogP contribution in [-0.2, 0) is 9.59 Å². The van der Waals surface area contributed by atoms with Crippen LogP contribution < -0.4 is 15.4 Å². The summed E-state index contributed by atoms with van der Waals surface area (Å²) in [6.45, 7) is -2.04. The predicted molar refractivity (Wildman–Crippen MR) is 124 cm³/mol. The molecule has 11 heteroatoms. The summed E-state index contributed by atoms with van der Waals surface area (Å²) in [6, 6.07) is 6.57. The predicted octanol–water partition coefficient (Wildman–Crippen LogP) is 2.54. The number of benzene rings is 1. The Balaban J connectivity index is 1.37. The highest BCUT2D eigenvalue weighted by Crippen LogP contribution is 2.43. The molecular formula is C25H27F2N5O4. The van der Waals surface area contributed by atoms with Gasteiger partial charge in [0.2, 0.25) is 11.8 Å². The maximum absolute atomic E-state index is 13.6. The van der Waals surface area contributed by atoms with E-state index in [1.54, 1.807) is 12.1 Å². The number of rotatable bonds is 7. The van der Waals surface area contributed by atoms with Crippen LogP contribution in [0.25, 0.3) is 10.9 Å². The Morgan fingerprint density at radius 3 is 2.83 bits per heavy atom. The summed E-state index contributed by atoms with van der Waals surface area (Å²) in [5.41, 5.74) is 0.642. The highest BCUT2D eigenvalue weighted by molar-refractivity contribution is 6.02. The number of hydrogen-bond donors (Lipinski definition) is 3. The number of amides is 3. The van der Waals surface area contributed by atoms with E-state index in [-0.39, 0.29) is 41.5 Å². The number of H-pyrrole nitrogens is 1. The molecule has 3 heterocycles. The molecule has 3 aliphatic rings. The summed E-state index contributed by atoms with van der Waals surface area (Å²) in [7, 11) is 0. The van der Waals surface area contributed by atoms with Gasteiger partial charge in [-0.1, -0.05) is 12.5 Å². The van der Waals surface area contributed by atoms with E-state index in [1.165, 1.54) is 17.0 Å². The molecule has 1 aliphatic carbocycles. The lowest BCUT2D eigenvalue weighted by atomic mass is 9.92. The fraction of sp³-hybridized carbons (Fsp3) is 0.520. The fourth-order valence-corrected chi connectivity index (χ4v) is 6.00. The van der Waals surface area contributed by atoms with E-state index in [4.69, 9.17) is 0 Å². The average Bonchev–Trinajstić information content (AvgIpc) is 3.61. The van der Waals surface area contributed by atoms with Crippen LogP contribution in [0.5, 0.6) is 5.75 Å². The summed E-state index contributed by atoms with van der Waals surface area (Å²) in [5.74, 6) is -1.15. The standard InChI is InChI=1S/C25H27F2N5O4/c26-25(27)36-20-6-2-5-18-17(20)10-19(31-18)24(35)32-12-14-3-1-4-16(14)21(32)23(34)30-15(11-28)9-13-7-8-29-22(13)33/h2,5-6,10,13-16,21,25,31H,1,3-4,7-9,12H2,(H,29,33)(H,30,34)/t13-,14?,15?,16?,21-/m0/s1. The van der Waals surface area contributed by atoms with Gasteiger partial charge < -0.3 is 25.3 Å². The molecule has 1 aromatic heterocycles. The van der Waals surface area contributed by atoms with Crippen molar-refractivity contribution in [3.05, 3.63) is 30.0 Å². The molecule has 3 fully saturated rings. The number of carbonyl (C=O) groups excluding carboxylic acids is 3. The molecule has 2 aromatic rings. The Kier molecular flexibility index (Phi) is 6.51. The van der Waals surface area contributed by atoms with Crippen molar-refractivity contribution in [3.63, 3.8) is 0 Å². The molecule has 36 heavy (non-hydrogen) atoms. The van der Waals surface area contributed by atoms with Crippen LogP contribution in [-0.4, -0.2) is 59.4 Å². The van der Waals surface area contributed by atoms with Gasteiger partial charge >= 0.3 is 6.61 Å². The smallest absolute Gasteiger partial charge is 0.387 e. The Morgan fingerprint density at radius 1 is 1.28 bits per heavy atom. The van der Waals surface area contributed by atoms with Crippen molar-refractivity contribution in [2.24, 2.45) is 17.8 Å².